The van der Waals surface area contributed by atoms with Crippen LogP contribution in [-0.2, 0) is 9.47 Å². The Balaban J connectivity index is 2.12. The maximum absolute atomic E-state index is 13.0. The van der Waals surface area contributed by atoms with E-state index in [1.807, 2.05) is 0 Å². The molecule has 0 aliphatic carbocycles. The van der Waals surface area contributed by atoms with Crippen molar-refractivity contribution in [3.05, 3.63) is 57.1 Å². The third-order valence-electron chi connectivity index (χ3n) is 3.68. The van der Waals surface area contributed by atoms with E-state index in [0.29, 0.717) is 11.3 Å². The van der Waals surface area contributed by atoms with E-state index in [4.69, 9.17) is 21.1 Å². The molecule has 0 radical (unpaired) electrons. The highest BCUT2D eigenvalue weighted by Gasteiger charge is 2.24. The van der Waals surface area contributed by atoms with E-state index >= 15 is 0 Å². The highest BCUT2D eigenvalue weighted by Crippen LogP contribution is 2.21. The lowest BCUT2D eigenvalue weighted by Gasteiger charge is -2.06. The number of carbonyl (C=O) groups is 3. The van der Waals surface area contributed by atoms with Crippen LogP contribution < -0.4 is 0 Å². The number of hydrogen-bond donors (Lipinski definition) is 1. The van der Waals surface area contributed by atoms with Gasteiger partial charge in [-0.25, -0.2) is 14.0 Å². The third kappa shape index (κ3) is 4.11. The average molecular weight is 382 g/mol. The van der Waals surface area contributed by atoms with Gasteiger partial charge < -0.3 is 14.5 Å². The minimum Gasteiger partial charge on any atom is -0.462 e. The first-order valence-corrected chi connectivity index (χ1v) is 8.15. The molecule has 0 saturated carbocycles. The van der Waals surface area contributed by atoms with Crippen LogP contribution in [0.4, 0.5) is 4.39 Å². The number of aryl methyl sites for hydroxylation is 1. The van der Waals surface area contributed by atoms with Crippen molar-refractivity contribution in [3.63, 3.8) is 0 Å². The number of esters is 2. The highest BCUT2D eigenvalue weighted by atomic mass is 35.5. The number of carbonyl (C=O) groups excluding carboxylic acids is 3. The quantitative estimate of drug-likeness (QED) is 0.610. The van der Waals surface area contributed by atoms with Gasteiger partial charge in [0.15, 0.2) is 6.61 Å². The number of rotatable bonds is 6. The molecule has 0 fully saturated rings. The number of ether oxygens (including phenoxy) is 2. The molecule has 6 nitrogen and oxygen atoms in total. The highest BCUT2D eigenvalue weighted by molar-refractivity contribution is 6.33. The van der Waals surface area contributed by atoms with Crippen LogP contribution in [0.15, 0.2) is 18.2 Å². The van der Waals surface area contributed by atoms with Gasteiger partial charge in [-0.3, -0.25) is 4.79 Å². The summed E-state index contributed by atoms with van der Waals surface area (Å²) in [5, 5.41) is -0.112. The molecular weight excluding hydrogens is 365 g/mol. The topological polar surface area (TPSA) is 85.5 Å². The standard InChI is InChI=1S/C18H17ClFNO5/c1-4-25-18(24)15-9(2)16(21-10(15)3)14(22)8-26-17(23)12-6-5-11(20)7-13(12)19/h5-7,21H,4,8H2,1-3H3. The van der Waals surface area contributed by atoms with Gasteiger partial charge in [-0.05, 0) is 44.5 Å². The van der Waals surface area contributed by atoms with Crippen LogP contribution in [-0.4, -0.2) is 35.9 Å². The summed E-state index contributed by atoms with van der Waals surface area (Å²) in [6, 6.07) is 3.21. The molecule has 8 heteroatoms. The number of ketones is 1. The van der Waals surface area contributed by atoms with Gasteiger partial charge in [-0.2, -0.15) is 0 Å². The van der Waals surface area contributed by atoms with E-state index in [2.05, 4.69) is 4.98 Å². The number of benzene rings is 1. The molecule has 0 bridgehead atoms. The van der Waals surface area contributed by atoms with Crippen molar-refractivity contribution in [1.82, 2.24) is 4.98 Å². The average Bonchev–Trinajstić information content (AvgIpc) is 2.87. The van der Waals surface area contributed by atoms with Crippen LogP contribution in [0.1, 0.15) is 49.4 Å². The first kappa shape index (κ1) is 19.7. The lowest BCUT2D eigenvalue weighted by Crippen LogP contribution is -2.16. The summed E-state index contributed by atoms with van der Waals surface area (Å²) in [5.41, 5.74) is 1.29. The Morgan fingerprint density at radius 1 is 1.15 bits per heavy atom. The van der Waals surface area contributed by atoms with Crippen LogP contribution in [0.25, 0.3) is 0 Å². The number of halogens is 2. The summed E-state index contributed by atoms with van der Waals surface area (Å²) in [5.74, 6) is -2.50. The van der Waals surface area contributed by atoms with Crippen molar-refractivity contribution in [2.45, 2.75) is 20.8 Å². The van der Waals surface area contributed by atoms with Gasteiger partial charge in [-0.1, -0.05) is 11.6 Å². The summed E-state index contributed by atoms with van der Waals surface area (Å²) >= 11 is 5.79. The molecule has 0 atom stereocenters. The van der Waals surface area contributed by atoms with E-state index in [1.54, 1.807) is 20.8 Å². The van der Waals surface area contributed by atoms with Gasteiger partial charge in [0.2, 0.25) is 5.78 Å². The lowest BCUT2D eigenvalue weighted by atomic mass is 10.1. The van der Waals surface area contributed by atoms with E-state index < -0.39 is 30.1 Å². The van der Waals surface area contributed by atoms with Gasteiger partial charge in [0.1, 0.15) is 5.82 Å². The zero-order chi connectivity index (χ0) is 19.4. The third-order valence-corrected chi connectivity index (χ3v) is 3.99. The van der Waals surface area contributed by atoms with Crippen molar-refractivity contribution in [2.75, 3.05) is 13.2 Å². The predicted molar refractivity (Wildman–Crippen MR) is 92.2 cm³/mol. The lowest BCUT2D eigenvalue weighted by molar-refractivity contribution is 0.0472. The zero-order valence-corrected chi connectivity index (χ0v) is 15.2. The fraction of sp³-hybridized carbons (Fsp3) is 0.278. The van der Waals surface area contributed by atoms with Gasteiger partial charge in [0.05, 0.1) is 28.5 Å². The predicted octanol–water partition coefficient (Wildman–Crippen LogP) is 3.64. The number of aromatic nitrogens is 1. The summed E-state index contributed by atoms with van der Waals surface area (Å²) in [6.45, 7) is 4.57. The first-order valence-electron chi connectivity index (χ1n) is 7.77. The van der Waals surface area contributed by atoms with Crippen molar-refractivity contribution >= 4 is 29.3 Å². The molecule has 2 rings (SSSR count). The van der Waals surface area contributed by atoms with E-state index in [-0.39, 0.29) is 28.5 Å². The van der Waals surface area contributed by atoms with Crippen molar-refractivity contribution < 1.29 is 28.2 Å². The summed E-state index contributed by atoms with van der Waals surface area (Å²) in [7, 11) is 0. The second-order valence-corrected chi connectivity index (χ2v) is 5.88. The molecule has 0 unspecified atom stereocenters. The number of Topliss-reactive ketones (excluding diaryl/α,β-unsaturated/α-hetero) is 1. The van der Waals surface area contributed by atoms with E-state index in [0.717, 1.165) is 12.1 Å². The number of hydrogen-bond acceptors (Lipinski definition) is 5. The Kier molecular flexibility index (Phi) is 6.15. The van der Waals surface area contributed by atoms with Gasteiger partial charge in [0.25, 0.3) is 0 Å². The maximum atomic E-state index is 13.0. The minimum atomic E-state index is -0.852. The maximum Gasteiger partial charge on any atom is 0.340 e. The van der Waals surface area contributed by atoms with Gasteiger partial charge >= 0.3 is 11.9 Å². The Bertz CT molecular complexity index is 875. The Hall–Kier alpha value is -2.67. The second kappa shape index (κ2) is 8.14. The molecule has 0 aliphatic rings. The van der Waals surface area contributed by atoms with E-state index in [9.17, 15) is 18.8 Å². The molecule has 0 saturated heterocycles. The Morgan fingerprint density at radius 2 is 1.85 bits per heavy atom. The number of nitrogens with one attached hydrogen (secondary N) is 1. The minimum absolute atomic E-state index is 0.0486. The van der Waals surface area contributed by atoms with Gasteiger partial charge in [-0.15, -0.1) is 0 Å². The van der Waals surface area contributed by atoms with Crippen LogP contribution in [0.2, 0.25) is 5.02 Å². The fourth-order valence-corrected chi connectivity index (χ4v) is 2.72. The molecule has 26 heavy (non-hydrogen) atoms. The largest absolute Gasteiger partial charge is 0.462 e. The molecule has 0 amide bonds. The summed E-state index contributed by atoms with van der Waals surface area (Å²) < 4.78 is 22.9. The molecule has 1 N–H and O–H groups in total. The molecule has 0 spiro atoms. The van der Waals surface area contributed by atoms with Crippen molar-refractivity contribution in [2.24, 2.45) is 0 Å². The van der Waals surface area contributed by atoms with Crippen LogP contribution in [0.5, 0.6) is 0 Å². The van der Waals surface area contributed by atoms with Crippen molar-refractivity contribution in [1.29, 1.82) is 0 Å². The Labute approximate surface area is 154 Å². The molecule has 0 aliphatic heterocycles. The Morgan fingerprint density at radius 3 is 2.46 bits per heavy atom. The van der Waals surface area contributed by atoms with Crippen LogP contribution in [0.3, 0.4) is 0 Å². The fourth-order valence-electron chi connectivity index (χ4n) is 2.47. The van der Waals surface area contributed by atoms with Crippen LogP contribution >= 0.6 is 11.6 Å². The molecule has 138 valence electrons. The zero-order valence-electron chi connectivity index (χ0n) is 14.4. The monoisotopic (exact) mass is 381 g/mol. The van der Waals surface area contributed by atoms with Gasteiger partial charge in [0, 0.05) is 5.69 Å². The molecule has 1 aromatic carbocycles. The molecular formula is C18H17ClFNO5. The second-order valence-electron chi connectivity index (χ2n) is 5.47. The molecule has 1 heterocycles. The number of H-pyrrole nitrogens is 1. The SMILES string of the molecule is CCOC(=O)c1c(C)[nH]c(C(=O)COC(=O)c2ccc(F)cc2Cl)c1C. The summed E-state index contributed by atoms with van der Waals surface area (Å²) in [6.07, 6.45) is 0. The number of aromatic amines is 1. The van der Waals surface area contributed by atoms with Crippen LogP contribution in [0, 0.1) is 19.7 Å². The summed E-state index contributed by atoms with van der Waals surface area (Å²) in [4.78, 5) is 39.1. The van der Waals surface area contributed by atoms with Crippen molar-refractivity contribution in [3.8, 4) is 0 Å². The normalized spacial score (nSPS) is 10.5. The van der Waals surface area contributed by atoms with E-state index in [1.165, 1.54) is 6.07 Å². The molecule has 1 aromatic heterocycles. The molecule has 2 aromatic rings. The smallest absolute Gasteiger partial charge is 0.340 e. The first-order chi connectivity index (χ1) is 12.3.